The third-order valence-electron chi connectivity index (χ3n) is 5.17. The van der Waals surface area contributed by atoms with Crippen LogP contribution >= 0.6 is 23.8 Å². The van der Waals surface area contributed by atoms with Crippen LogP contribution in [-0.2, 0) is 4.79 Å². The highest BCUT2D eigenvalue weighted by Crippen LogP contribution is 2.30. The molecule has 1 aliphatic rings. The van der Waals surface area contributed by atoms with E-state index in [1.165, 1.54) is 0 Å². The molecule has 8 heteroatoms. The molecule has 1 heterocycles. The van der Waals surface area contributed by atoms with Crippen molar-refractivity contribution in [3.05, 3.63) is 58.6 Å². The van der Waals surface area contributed by atoms with E-state index in [4.69, 9.17) is 23.8 Å². The van der Waals surface area contributed by atoms with Crippen molar-refractivity contribution >= 4 is 52.1 Å². The van der Waals surface area contributed by atoms with Crippen LogP contribution in [0.15, 0.2) is 42.5 Å². The first-order valence-electron chi connectivity index (χ1n) is 10.3. The van der Waals surface area contributed by atoms with Crippen molar-refractivity contribution in [2.75, 3.05) is 36.4 Å². The van der Waals surface area contributed by atoms with Gasteiger partial charge >= 0.3 is 0 Å². The van der Waals surface area contributed by atoms with Crippen LogP contribution in [0.5, 0.6) is 0 Å². The Balaban J connectivity index is 1.67. The zero-order valence-corrected chi connectivity index (χ0v) is 19.5. The number of hydrogen-bond acceptors (Lipinski definition) is 4. The summed E-state index contributed by atoms with van der Waals surface area (Å²) in [4.78, 5) is 28.8. The van der Waals surface area contributed by atoms with E-state index in [0.717, 1.165) is 11.3 Å². The van der Waals surface area contributed by atoms with E-state index in [2.05, 4.69) is 15.5 Å². The van der Waals surface area contributed by atoms with Gasteiger partial charge in [0.1, 0.15) is 0 Å². The second-order valence-corrected chi connectivity index (χ2v) is 8.75. The van der Waals surface area contributed by atoms with Gasteiger partial charge in [-0.25, -0.2) is 0 Å². The molecule has 2 aromatic rings. The summed E-state index contributed by atoms with van der Waals surface area (Å²) in [6.45, 7) is 8.53. The van der Waals surface area contributed by atoms with Gasteiger partial charge in [0.05, 0.1) is 11.4 Å². The Morgan fingerprint density at radius 2 is 1.68 bits per heavy atom. The highest BCUT2D eigenvalue weighted by atomic mass is 35.5. The van der Waals surface area contributed by atoms with Crippen molar-refractivity contribution < 1.29 is 9.59 Å². The number of nitrogens with one attached hydrogen (secondary N) is 2. The number of carbonyl (C=O) groups excluding carboxylic acids is 2. The molecule has 2 amide bonds. The minimum Gasteiger partial charge on any atom is -0.366 e. The quantitative estimate of drug-likeness (QED) is 0.676. The Hall–Kier alpha value is -2.64. The molecule has 0 atom stereocenters. The Morgan fingerprint density at radius 1 is 1.03 bits per heavy atom. The van der Waals surface area contributed by atoms with Crippen LogP contribution in [0.2, 0.25) is 5.02 Å². The molecule has 2 aromatic carbocycles. The van der Waals surface area contributed by atoms with E-state index >= 15 is 0 Å². The summed E-state index contributed by atoms with van der Waals surface area (Å²) in [6, 6.07) is 12.8. The number of aryl methyl sites for hydroxylation is 1. The normalized spacial score (nSPS) is 13.8. The summed E-state index contributed by atoms with van der Waals surface area (Å²) in [5, 5.41) is 6.58. The summed E-state index contributed by atoms with van der Waals surface area (Å²) in [7, 11) is 0. The van der Waals surface area contributed by atoms with Gasteiger partial charge in [-0.3, -0.25) is 14.9 Å². The molecule has 0 saturated carbocycles. The highest BCUT2D eigenvalue weighted by molar-refractivity contribution is 7.80. The van der Waals surface area contributed by atoms with Gasteiger partial charge in [0.2, 0.25) is 5.91 Å². The van der Waals surface area contributed by atoms with Crippen LogP contribution in [0, 0.1) is 12.8 Å². The second kappa shape index (κ2) is 10.1. The molecule has 1 aliphatic heterocycles. The molecule has 0 spiro atoms. The molecule has 3 rings (SSSR count). The number of amides is 2. The van der Waals surface area contributed by atoms with Gasteiger partial charge in [-0.15, -0.1) is 0 Å². The Kier molecular flexibility index (Phi) is 7.51. The molecule has 2 N–H and O–H groups in total. The van der Waals surface area contributed by atoms with Gasteiger partial charge in [0, 0.05) is 42.7 Å². The first kappa shape index (κ1) is 23.0. The van der Waals surface area contributed by atoms with Gasteiger partial charge in [-0.2, -0.15) is 0 Å². The van der Waals surface area contributed by atoms with Crippen LogP contribution in [0.1, 0.15) is 29.8 Å². The summed E-state index contributed by atoms with van der Waals surface area (Å²) < 4.78 is 0. The molecule has 6 nitrogen and oxygen atoms in total. The highest BCUT2D eigenvalue weighted by Gasteiger charge is 2.24. The zero-order chi connectivity index (χ0) is 22.5. The van der Waals surface area contributed by atoms with Crippen molar-refractivity contribution in [2.45, 2.75) is 20.8 Å². The molecule has 0 radical (unpaired) electrons. The van der Waals surface area contributed by atoms with Crippen LogP contribution in [-0.4, -0.2) is 48.0 Å². The summed E-state index contributed by atoms with van der Waals surface area (Å²) in [5.41, 5.74) is 3.25. The molecule has 0 aromatic heterocycles. The summed E-state index contributed by atoms with van der Waals surface area (Å²) >= 11 is 11.6. The van der Waals surface area contributed by atoms with Crippen LogP contribution in [0.25, 0.3) is 0 Å². The lowest BCUT2D eigenvalue weighted by atomic mass is 10.1. The van der Waals surface area contributed by atoms with Gasteiger partial charge in [-0.05, 0) is 49.5 Å². The molecular weight excluding hydrogens is 432 g/mol. The molecule has 0 aliphatic carbocycles. The number of benzene rings is 2. The van der Waals surface area contributed by atoms with Crippen molar-refractivity contribution in [1.29, 1.82) is 0 Å². The van der Waals surface area contributed by atoms with E-state index in [1.54, 1.807) is 18.2 Å². The van der Waals surface area contributed by atoms with Crippen molar-refractivity contribution in [3.63, 3.8) is 0 Å². The maximum Gasteiger partial charge on any atom is 0.257 e. The van der Waals surface area contributed by atoms with Crippen molar-refractivity contribution in [2.24, 2.45) is 5.92 Å². The van der Waals surface area contributed by atoms with E-state index in [0.29, 0.717) is 42.5 Å². The molecule has 1 saturated heterocycles. The SMILES string of the molecule is Cc1ccc(C(=O)NC(=S)Nc2cc(Cl)ccc2N2CCN(C(=O)C(C)C)CC2)cc1. The fourth-order valence-electron chi connectivity index (χ4n) is 3.45. The monoisotopic (exact) mass is 458 g/mol. The van der Waals surface area contributed by atoms with E-state index in [1.807, 2.05) is 49.9 Å². The first-order valence-corrected chi connectivity index (χ1v) is 11.1. The largest absolute Gasteiger partial charge is 0.366 e. The fraction of sp³-hybridized carbons (Fsp3) is 0.348. The Bertz CT molecular complexity index is 970. The number of carbonyl (C=O) groups is 2. The molecule has 31 heavy (non-hydrogen) atoms. The predicted octanol–water partition coefficient (Wildman–Crippen LogP) is 4.08. The third kappa shape index (κ3) is 5.95. The minimum atomic E-state index is -0.276. The Labute approximate surface area is 193 Å². The zero-order valence-electron chi connectivity index (χ0n) is 17.9. The number of nitrogens with zero attached hydrogens (tertiary/aromatic N) is 2. The number of halogens is 1. The maximum absolute atomic E-state index is 12.5. The molecular formula is C23H27ClN4O2S. The van der Waals surface area contributed by atoms with Crippen LogP contribution in [0.4, 0.5) is 11.4 Å². The van der Waals surface area contributed by atoms with Crippen LogP contribution < -0.4 is 15.5 Å². The molecule has 1 fully saturated rings. The van der Waals surface area contributed by atoms with Crippen LogP contribution in [0.3, 0.4) is 0 Å². The molecule has 0 unspecified atom stereocenters. The fourth-order valence-corrected chi connectivity index (χ4v) is 3.83. The average Bonchev–Trinajstić information content (AvgIpc) is 2.74. The van der Waals surface area contributed by atoms with Crippen molar-refractivity contribution in [3.8, 4) is 0 Å². The van der Waals surface area contributed by atoms with Gasteiger partial charge in [0.25, 0.3) is 5.91 Å². The lowest BCUT2D eigenvalue weighted by Crippen LogP contribution is -2.50. The average molecular weight is 459 g/mol. The smallest absolute Gasteiger partial charge is 0.257 e. The van der Waals surface area contributed by atoms with E-state index < -0.39 is 0 Å². The second-order valence-electron chi connectivity index (χ2n) is 7.90. The van der Waals surface area contributed by atoms with Crippen molar-refractivity contribution in [1.82, 2.24) is 10.2 Å². The van der Waals surface area contributed by atoms with Gasteiger partial charge < -0.3 is 15.1 Å². The topological polar surface area (TPSA) is 64.7 Å². The number of rotatable bonds is 4. The van der Waals surface area contributed by atoms with Gasteiger partial charge in [-0.1, -0.05) is 43.1 Å². The lowest BCUT2D eigenvalue weighted by molar-refractivity contribution is -0.134. The lowest BCUT2D eigenvalue weighted by Gasteiger charge is -2.37. The minimum absolute atomic E-state index is 0.00572. The number of thiocarbonyl (C=S) groups is 1. The van der Waals surface area contributed by atoms with E-state index in [9.17, 15) is 9.59 Å². The molecule has 164 valence electrons. The number of piperazine rings is 1. The standard InChI is InChI=1S/C23H27ClN4O2S/c1-15(2)22(30)28-12-10-27(11-13-28)20-9-8-18(24)14-19(20)25-23(31)26-21(29)17-6-4-16(3)5-7-17/h4-9,14-15H,10-13H2,1-3H3,(H2,25,26,29,31). The van der Waals surface area contributed by atoms with E-state index in [-0.39, 0.29) is 22.8 Å². The Morgan fingerprint density at radius 3 is 2.29 bits per heavy atom. The summed E-state index contributed by atoms with van der Waals surface area (Å²) in [5.74, 6) is -0.107. The number of anilines is 2. The third-order valence-corrected chi connectivity index (χ3v) is 5.61. The number of hydrogen-bond donors (Lipinski definition) is 2. The predicted molar refractivity (Wildman–Crippen MR) is 130 cm³/mol. The van der Waals surface area contributed by atoms with Gasteiger partial charge in [0.15, 0.2) is 5.11 Å². The summed E-state index contributed by atoms with van der Waals surface area (Å²) in [6.07, 6.45) is 0. The molecule has 0 bridgehead atoms. The maximum atomic E-state index is 12.5. The first-order chi connectivity index (χ1) is 14.7.